The first kappa shape index (κ1) is 14.4. The van der Waals surface area contributed by atoms with E-state index in [1.807, 2.05) is 0 Å². The lowest BCUT2D eigenvalue weighted by atomic mass is 10.1. The van der Waals surface area contributed by atoms with Crippen molar-refractivity contribution in [2.75, 3.05) is 7.11 Å². The van der Waals surface area contributed by atoms with Crippen LogP contribution >= 0.6 is 0 Å². The highest BCUT2D eigenvalue weighted by Gasteiger charge is 2.24. The number of benzene rings is 1. The van der Waals surface area contributed by atoms with Crippen molar-refractivity contribution in [2.24, 2.45) is 0 Å². The molecular weight excluding hydrogens is 285 g/mol. The van der Waals surface area contributed by atoms with Crippen LogP contribution in [-0.4, -0.2) is 28.2 Å². The van der Waals surface area contributed by atoms with Crippen molar-refractivity contribution in [1.29, 1.82) is 0 Å². The van der Waals surface area contributed by atoms with E-state index in [0.717, 1.165) is 13.2 Å². The largest absolute Gasteiger partial charge is 0.465 e. The molecule has 0 bridgehead atoms. The first-order valence-electron chi connectivity index (χ1n) is 5.68. The molecule has 8 nitrogen and oxygen atoms in total. The second kappa shape index (κ2) is 5.57. The Morgan fingerprint density at radius 3 is 2.67 bits per heavy atom. The first-order chi connectivity index (χ1) is 9.92. The molecule has 0 atom stereocenters. The maximum absolute atomic E-state index is 13.7. The molecule has 21 heavy (non-hydrogen) atoms. The molecule has 0 saturated heterocycles. The Bertz CT molecular complexity index is 713. The van der Waals surface area contributed by atoms with Crippen LogP contribution in [0.3, 0.4) is 0 Å². The number of hydrogen-bond donors (Lipinski definition) is 1. The molecule has 0 unspecified atom stereocenters. The molecule has 0 spiro atoms. The Morgan fingerprint density at radius 1 is 1.43 bits per heavy atom. The number of hydrogen-bond acceptors (Lipinski definition) is 6. The zero-order chi connectivity index (χ0) is 15.6. The molecule has 2 aromatic rings. The van der Waals surface area contributed by atoms with Crippen LogP contribution in [-0.2, 0) is 4.74 Å². The van der Waals surface area contributed by atoms with Crippen LogP contribution in [0.15, 0.2) is 18.2 Å². The summed E-state index contributed by atoms with van der Waals surface area (Å²) in [5.74, 6) is -2.30. The van der Waals surface area contributed by atoms with Gasteiger partial charge in [-0.2, -0.15) is 0 Å². The molecule has 0 radical (unpaired) electrons. The standard InChI is InChI=1S/C12H10FN3O5/c1-6-3-11(15-14-6)21-10-4-7(12(17)20-2)8(13)5-9(10)16(18)19/h3-5H,1-2H3,(H,14,15). The number of aromatic amines is 1. The lowest BCUT2D eigenvalue weighted by Gasteiger charge is -2.06. The van der Waals surface area contributed by atoms with Crippen molar-refractivity contribution in [1.82, 2.24) is 10.2 Å². The average molecular weight is 295 g/mol. The lowest BCUT2D eigenvalue weighted by Crippen LogP contribution is -2.06. The lowest BCUT2D eigenvalue weighted by molar-refractivity contribution is -0.385. The number of nitrogens with one attached hydrogen (secondary N) is 1. The molecule has 1 aromatic heterocycles. The van der Waals surface area contributed by atoms with Crippen molar-refractivity contribution >= 4 is 11.7 Å². The second-order valence-electron chi connectivity index (χ2n) is 4.04. The predicted octanol–water partition coefficient (Wildman–Crippen LogP) is 2.34. The molecule has 110 valence electrons. The van der Waals surface area contributed by atoms with Gasteiger partial charge in [-0.15, -0.1) is 5.10 Å². The normalized spacial score (nSPS) is 10.2. The number of carbonyl (C=O) groups is 1. The second-order valence-corrected chi connectivity index (χ2v) is 4.04. The van der Waals surface area contributed by atoms with E-state index in [0.29, 0.717) is 11.8 Å². The van der Waals surface area contributed by atoms with E-state index in [1.54, 1.807) is 6.92 Å². The van der Waals surface area contributed by atoms with Crippen LogP contribution < -0.4 is 4.74 Å². The maximum atomic E-state index is 13.7. The molecule has 0 aliphatic heterocycles. The minimum Gasteiger partial charge on any atom is -0.465 e. The van der Waals surface area contributed by atoms with Gasteiger partial charge in [0.1, 0.15) is 5.82 Å². The molecule has 0 saturated carbocycles. The van der Waals surface area contributed by atoms with Crippen LogP contribution in [0.25, 0.3) is 0 Å². The summed E-state index contributed by atoms with van der Waals surface area (Å²) in [5.41, 5.74) is -0.422. The van der Waals surface area contributed by atoms with E-state index in [1.165, 1.54) is 6.07 Å². The summed E-state index contributed by atoms with van der Waals surface area (Å²) in [6, 6.07) is 3.00. The average Bonchev–Trinajstić information content (AvgIpc) is 2.84. The molecule has 1 aromatic carbocycles. The van der Waals surface area contributed by atoms with Gasteiger partial charge < -0.3 is 9.47 Å². The number of aryl methyl sites for hydroxylation is 1. The summed E-state index contributed by atoms with van der Waals surface area (Å²) in [7, 11) is 1.07. The smallest absolute Gasteiger partial charge is 0.340 e. The third-order valence-corrected chi connectivity index (χ3v) is 2.55. The summed E-state index contributed by atoms with van der Waals surface area (Å²) in [6.07, 6.45) is 0. The van der Waals surface area contributed by atoms with E-state index in [-0.39, 0.29) is 11.6 Å². The van der Waals surface area contributed by atoms with Gasteiger partial charge in [0.25, 0.3) is 0 Å². The van der Waals surface area contributed by atoms with Gasteiger partial charge in [0.05, 0.1) is 23.7 Å². The highest BCUT2D eigenvalue weighted by Crippen LogP contribution is 2.33. The fraction of sp³-hybridized carbons (Fsp3) is 0.167. The zero-order valence-electron chi connectivity index (χ0n) is 11.0. The van der Waals surface area contributed by atoms with Gasteiger partial charge in [-0.3, -0.25) is 15.2 Å². The van der Waals surface area contributed by atoms with Gasteiger partial charge >= 0.3 is 11.7 Å². The Morgan fingerprint density at radius 2 is 2.14 bits per heavy atom. The maximum Gasteiger partial charge on any atom is 0.340 e. The summed E-state index contributed by atoms with van der Waals surface area (Å²) >= 11 is 0. The third kappa shape index (κ3) is 2.96. The van der Waals surface area contributed by atoms with Crippen molar-refractivity contribution < 1.29 is 23.6 Å². The Labute approximate surface area is 117 Å². The van der Waals surface area contributed by atoms with Gasteiger partial charge in [-0.25, -0.2) is 9.18 Å². The molecule has 9 heteroatoms. The molecule has 2 rings (SSSR count). The van der Waals surface area contributed by atoms with E-state index in [9.17, 15) is 19.3 Å². The van der Waals surface area contributed by atoms with E-state index in [4.69, 9.17) is 4.74 Å². The minimum absolute atomic E-state index is 0.0537. The molecule has 0 aliphatic carbocycles. The highest BCUT2D eigenvalue weighted by molar-refractivity contribution is 5.90. The molecule has 1 heterocycles. The monoisotopic (exact) mass is 295 g/mol. The number of carbonyl (C=O) groups excluding carboxylic acids is 1. The number of H-pyrrole nitrogens is 1. The molecule has 0 amide bonds. The van der Waals surface area contributed by atoms with E-state index in [2.05, 4.69) is 14.9 Å². The fourth-order valence-electron chi connectivity index (χ4n) is 1.59. The topological polar surface area (TPSA) is 107 Å². The Hall–Kier alpha value is -2.97. The number of nitro benzene ring substituents is 1. The van der Waals surface area contributed by atoms with Crippen LogP contribution in [0.2, 0.25) is 0 Å². The minimum atomic E-state index is -1.07. The summed E-state index contributed by atoms with van der Waals surface area (Å²) in [4.78, 5) is 21.5. The SMILES string of the molecule is COC(=O)c1cc(Oc2cc(C)[nH]n2)c([N+](=O)[O-])cc1F. The van der Waals surface area contributed by atoms with E-state index < -0.39 is 28.0 Å². The fourth-order valence-corrected chi connectivity index (χ4v) is 1.59. The summed E-state index contributed by atoms with van der Waals surface area (Å²) in [5, 5.41) is 17.3. The Kier molecular flexibility index (Phi) is 3.83. The number of nitro groups is 1. The number of aromatic nitrogens is 2. The highest BCUT2D eigenvalue weighted by atomic mass is 19.1. The van der Waals surface area contributed by atoms with Gasteiger partial charge in [-0.05, 0) is 6.92 Å². The first-order valence-corrected chi connectivity index (χ1v) is 5.68. The van der Waals surface area contributed by atoms with Gasteiger partial charge in [0, 0.05) is 17.8 Å². The van der Waals surface area contributed by atoms with Crippen LogP contribution in [0.5, 0.6) is 11.6 Å². The number of ether oxygens (including phenoxy) is 2. The van der Waals surface area contributed by atoms with Gasteiger partial charge in [0.2, 0.25) is 11.6 Å². The Balaban J connectivity index is 2.50. The predicted molar refractivity (Wildman–Crippen MR) is 67.8 cm³/mol. The van der Waals surface area contributed by atoms with Crippen LogP contribution in [0.1, 0.15) is 16.1 Å². The van der Waals surface area contributed by atoms with Crippen LogP contribution in [0.4, 0.5) is 10.1 Å². The van der Waals surface area contributed by atoms with E-state index >= 15 is 0 Å². The van der Waals surface area contributed by atoms with Crippen molar-refractivity contribution in [2.45, 2.75) is 6.92 Å². The zero-order valence-corrected chi connectivity index (χ0v) is 11.0. The number of nitrogens with zero attached hydrogens (tertiary/aromatic N) is 2. The van der Waals surface area contributed by atoms with Gasteiger partial charge in [0.15, 0.2) is 0 Å². The van der Waals surface area contributed by atoms with Crippen molar-refractivity contribution in [3.63, 3.8) is 0 Å². The molecule has 1 N–H and O–H groups in total. The van der Waals surface area contributed by atoms with Crippen molar-refractivity contribution in [3.05, 3.63) is 45.4 Å². The summed E-state index contributed by atoms with van der Waals surface area (Å²) in [6.45, 7) is 1.71. The van der Waals surface area contributed by atoms with Gasteiger partial charge in [-0.1, -0.05) is 0 Å². The molecule has 0 aliphatic rings. The number of halogens is 1. The molecule has 0 fully saturated rings. The molecular formula is C12H10FN3O5. The third-order valence-electron chi connectivity index (χ3n) is 2.55. The van der Waals surface area contributed by atoms with Crippen molar-refractivity contribution in [3.8, 4) is 11.6 Å². The number of methoxy groups -OCH3 is 1. The number of esters is 1. The quantitative estimate of drug-likeness (QED) is 0.527. The van der Waals surface area contributed by atoms with Crippen LogP contribution in [0, 0.1) is 22.9 Å². The summed E-state index contributed by atoms with van der Waals surface area (Å²) < 4.78 is 23.3. The number of rotatable bonds is 4.